The van der Waals surface area contributed by atoms with Crippen LogP contribution in [0.5, 0.6) is 0 Å². The van der Waals surface area contributed by atoms with Crippen molar-refractivity contribution in [2.24, 2.45) is 11.3 Å². The number of carbonyl (C=O) groups excluding carboxylic acids is 1. The lowest BCUT2D eigenvalue weighted by Gasteiger charge is -2.32. The molecule has 1 aliphatic carbocycles. The third-order valence-corrected chi connectivity index (χ3v) is 3.18. The maximum Gasteiger partial charge on any atom is 0.162 e. The molecular formula is C14H22O. The Morgan fingerprint density at radius 2 is 2.27 bits per heavy atom. The van der Waals surface area contributed by atoms with Crippen LogP contribution < -0.4 is 0 Å². The van der Waals surface area contributed by atoms with E-state index in [0.717, 1.165) is 19.3 Å². The van der Waals surface area contributed by atoms with E-state index in [2.05, 4.69) is 26.8 Å². The first-order valence-electron chi connectivity index (χ1n) is 5.88. The van der Waals surface area contributed by atoms with Crippen molar-refractivity contribution in [2.45, 2.75) is 47.0 Å². The highest BCUT2D eigenvalue weighted by atomic mass is 16.1. The van der Waals surface area contributed by atoms with Crippen molar-refractivity contribution in [3.8, 4) is 0 Å². The van der Waals surface area contributed by atoms with Gasteiger partial charge in [0, 0.05) is 5.92 Å². The lowest BCUT2D eigenvalue weighted by molar-refractivity contribution is -0.117. The SMILES string of the molecule is CC=CC(=O)C1CCC(C)(C)C=C1CC. The number of rotatable bonds is 3. The van der Waals surface area contributed by atoms with Crippen molar-refractivity contribution in [3.63, 3.8) is 0 Å². The first kappa shape index (κ1) is 12.2. The van der Waals surface area contributed by atoms with Crippen LogP contribution in [0.3, 0.4) is 0 Å². The van der Waals surface area contributed by atoms with E-state index in [4.69, 9.17) is 0 Å². The minimum atomic E-state index is 0.152. The van der Waals surface area contributed by atoms with Gasteiger partial charge in [-0.25, -0.2) is 0 Å². The van der Waals surface area contributed by atoms with Crippen LogP contribution in [0.4, 0.5) is 0 Å². The number of carbonyl (C=O) groups is 1. The zero-order valence-corrected chi connectivity index (χ0v) is 10.3. The van der Waals surface area contributed by atoms with Crippen molar-refractivity contribution < 1.29 is 4.79 Å². The van der Waals surface area contributed by atoms with Crippen LogP contribution in [0.15, 0.2) is 23.8 Å². The van der Waals surface area contributed by atoms with Crippen molar-refractivity contribution in [2.75, 3.05) is 0 Å². The molecule has 0 radical (unpaired) electrons. The molecule has 1 rings (SSSR count). The van der Waals surface area contributed by atoms with Gasteiger partial charge in [-0.15, -0.1) is 0 Å². The standard InChI is InChI=1S/C14H22O/c1-5-7-13(15)12-8-9-14(3,4)10-11(12)6-2/h5,7,10,12H,6,8-9H2,1-4H3. The predicted molar refractivity (Wildman–Crippen MR) is 64.7 cm³/mol. The average molecular weight is 206 g/mol. The molecule has 1 nitrogen and oxygen atoms in total. The van der Waals surface area contributed by atoms with Gasteiger partial charge in [0.15, 0.2) is 5.78 Å². The summed E-state index contributed by atoms with van der Waals surface area (Å²) in [6.07, 6.45) is 8.99. The molecule has 84 valence electrons. The van der Waals surface area contributed by atoms with Crippen LogP contribution in [0.25, 0.3) is 0 Å². The summed E-state index contributed by atoms with van der Waals surface area (Å²) in [5.41, 5.74) is 1.60. The van der Waals surface area contributed by atoms with Crippen LogP contribution in [0.1, 0.15) is 47.0 Å². The molecule has 15 heavy (non-hydrogen) atoms. The monoisotopic (exact) mass is 206 g/mol. The van der Waals surface area contributed by atoms with Gasteiger partial charge >= 0.3 is 0 Å². The summed E-state index contributed by atoms with van der Waals surface area (Å²) in [6, 6.07) is 0. The van der Waals surface area contributed by atoms with Crippen LogP contribution in [0.2, 0.25) is 0 Å². The topological polar surface area (TPSA) is 17.1 Å². The molecule has 0 aromatic rings. The molecule has 1 aliphatic rings. The number of allylic oxidation sites excluding steroid dienone is 4. The Balaban J connectivity index is 2.89. The van der Waals surface area contributed by atoms with Crippen LogP contribution in [-0.4, -0.2) is 5.78 Å². The molecule has 1 heteroatoms. The Morgan fingerprint density at radius 3 is 2.80 bits per heavy atom. The third-order valence-electron chi connectivity index (χ3n) is 3.18. The van der Waals surface area contributed by atoms with Crippen molar-refractivity contribution in [1.82, 2.24) is 0 Å². The van der Waals surface area contributed by atoms with Crippen molar-refractivity contribution in [1.29, 1.82) is 0 Å². The van der Waals surface area contributed by atoms with E-state index in [1.54, 1.807) is 6.08 Å². The van der Waals surface area contributed by atoms with Gasteiger partial charge in [0.05, 0.1) is 0 Å². The van der Waals surface area contributed by atoms with E-state index in [1.807, 2.05) is 13.0 Å². The Labute approximate surface area is 93.3 Å². The molecular weight excluding hydrogens is 184 g/mol. The Morgan fingerprint density at radius 1 is 1.60 bits per heavy atom. The largest absolute Gasteiger partial charge is 0.294 e. The summed E-state index contributed by atoms with van der Waals surface area (Å²) in [4.78, 5) is 11.9. The van der Waals surface area contributed by atoms with E-state index >= 15 is 0 Å². The smallest absolute Gasteiger partial charge is 0.162 e. The van der Waals surface area contributed by atoms with Crippen LogP contribution in [0, 0.1) is 11.3 Å². The summed E-state index contributed by atoms with van der Waals surface area (Å²) in [5, 5.41) is 0. The molecule has 0 fully saturated rings. The Bertz CT molecular complexity index is 294. The molecule has 0 amide bonds. The summed E-state index contributed by atoms with van der Waals surface area (Å²) < 4.78 is 0. The van der Waals surface area contributed by atoms with Crippen molar-refractivity contribution in [3.05, 3.63) is 23.8 Å². The minimum Gasteiger partial charge on any atom is -0.294 e. The second-order valence-corrected chi connectivity index (χ2v) is 5.06. The van der Waals surface area contributed by atoms with Gasteiger partial charge in [-0.1, -0.05) is 38.5 Å². The van der Waals surface area contributed by atoms with Gasteiger partial charge in [-0.2, -0.15) is 0 Å². The lowest BCUT2D eigenvalue weighted by atomic mass is 9.72. The molecule has 0 aromatic heterocycles. The van der Waals surface area contributed by atoms with Crippen LogP contribution in [-0.2, 0) is 4.79 Å². The summed E-state index contributed by atoms with van der Waals surface area (Å²) in [6.45, 7) is 8.54. The third kappa shape index (κ3) is 3.05. The van der Waals surface area contributed by atoms with Gasteiger partial charge < -0.3 is 0 Å². The number of ketones is 1. The highest BCUT2D eigenvalue weighted by molar-refractivity contribution is 5.93. The van der Waals surface area contributed by atoms with Gasteiger partial charge in [0.1, 0.15) is 0 Å². The maximum atomic E-state index is 11.9. The fraction of sp³-hybridized carbons (Fsp3) is 0.643. The van der Waals surface area contributed by atoms with E-state index in [0.29, 0.717) is 0 Å². The molecule has 0 saturated carbocycles. The quantitative estimate of drug-likeness (QED) is 0.505. The van der Waals surface area contributed by atoms with E-state index < -0.39 is 0 Å². The molecule has 0 aromatic carbocycles. The number of hydrogen-bond donors (Lipinski definition) is 0. The highest BCUT2D eigenvalue weighted by Gasteiger charge is 2.29. The molecule has 0 spiro atoms. The van der Waals surface area contributed by atoms with E-state index in [-0.39, 0.29) is 17.1 Å². The summed E-state index contributed by atoms with van der Waals surface area (Å²) >= 11 is 0. The normalized spacial score (nSPS) is 25.3. The zero-order valence-electron chi connectivity index (χ0n) is 10.3. The molecule has 1 unspecified atom stereocenters. The molecule has 0 bridgehead atoms. The predicted octanol–water partition coefficient (Wildman–Crippen LogP) is 3.90. The average Bonchev–Trinajstić information content (AvgIpc) is 2.16. The molecule has 0 heterocycles. The fourth-order valence-electron chi connectivity index (χ4n) is 2.33. The van der Waals surface area contributed by atoms with Gasteiger partial charge in [0.2, 0.25) is 0 Å². The fourth-order valence-corrected chi connectivity index (χ4v) is 2.33. The van der Waals surface area contributed by atoms with Gasteiger partial charge in [-0.3, -0.25) is 4.79 Å². The second kappa shape index (κ2) is 4.78. The number of hydrogen-bond acceptors (Lipinski definition) is 1. The first-order valence-corrected chi connectivity index (χ1v) is 5.88. The Kier molecular flexibility index (Phi) is 3.90. The molecule has 0 N–H and O–H groups in total. The van der Waals surface area contributed by atoms with E-state index in [1.165, 1.54) is 5.57 Å². The van der Waals surface area contributed by atoms with Crippen LogP contribution >= 0.6 is 0 Å². The maximum absolute atomic E-state index is 11.9. The van der Waals surface area contributed by atoms with Crippen molar-refractivity contribution >= 4 is 5.78 Å². The summed E-state index contributed by atoms with van der Waals surface area (Å²) in [7, 11) is 0. The second-order valence-electron chi connectivity index (χ2n) is 5.06. The van der Waals surface area contributed by atoms with Gasteiger partial charge in [-0.05, 0) is 37.7 Å². The van der Waals surface area contributed by atoms with Gasteiger partial charge in [0.25, 0.3) is 0 Å². The Hall–Kier alpha value is -0.850. The molecule has 0 saturated heterocycles. The zero-order chi connectivity index (χ0) is 11.5. The lowest BCUT2D eigenvalue weighted by Crippen LogP contribution is -2.24. The van der Waals surface area contributed by atoms with E-state index in [9.17, 15) is 4.79 Å². The minimum absolute atomic E-state index is 0.152. The molecule has 1 atom stereocenters. The first-order chi connectivity index (χ1) is 7.00. The highest BCUT2D eigenvalue weighted by Crippen LogP contribution is 2.38. The summed E-state index contributed by atoms with van der Waals surface area (Å²) in [5.74, 6) is 0.431. The molecule has 0 aliphatic heterocycles.